The third-order valence-electron chi connectivity index (χ3n) is 6.46. The smallest absolute Gasteiger partial charge is 0.264 e. The summed E-state index contributed by atoms with van der Waals surface area (Å²) in [6.45, 7) is 4.73. The van der Waals surface area contributed by atoms with E-state index in [9.17, 15) is 22.4 Å². The Balaban J connectivity index is 2.07. The van der Waals surface area contributed by atoms with Crippen LogP contribution in [0.5, 0.6) is 0 Å². The number of benzene rings is 3. The summed E-state index contributed by atoms with van der Waals surface area (Å²) in [5.74, 6) is -1.89. The molecule has 0 radical (unpaired) electrons. The predicted octanol–water partition coefficient (Wildman–Crippen LogP) is 6.05. The van der Waals surface area contributed by atoms with Gasteiger partial charge >= 0.3 is 0 Å². The molecule has 0 unspecified atom stereocenters. The molecule has 0 heterocycles. The van der Waals surface area contributed by atoms with Crippen LogP contribution in [0.1, 0.15) is 39.2 Å². The van der Waals surface area contributed by atoms with Gasteiger partial charge in [-0.25, -0.2) is 12.8 Å². The van der Waals surface area contributed by atoms with E-state index < -0.39 is 34.3 Å². The van der Waals surface area contributed by atoms with Gasteiger partial charge in [0.2, 0.25) is 11.8 Å². The Morgan fingerprint density at radius 2 is 1.57 bits per heavy atom. The number of nitrogens with zero attached hydrogens (tertiary/aromatic N) is 2. The van der Waals surface area contributed by atoms with E-state index in [0.29, 0.717) is 17.0 Å². The lowest BCUT2D eigenvalue weighted by Crippen LogP contribution is -2.53. The fourth-order valence-electron chi connectivity index (χ4n) is 4.08. The van der Waals surface area contributed by atoms with Crippen molar-refractivity contribution < 1.29 is 22.4 Å². The summed E-state index contributed by atoms with van der Waals surface area (Å²) in [5, 5.41) is 3.49. The summed E-state index contributed by atoms with van der Waals surface area (Å²) < 4.78 is 43.2. The van der Waals surface area contributed by atoms with Crippen molar-refractivity contribution in [3.8, 4) is 0 Å². The number of carbonyl (C=O) groups excluding carboxylic acids is 2. The summed E-state index contributed by atoms with van der Waals surface area (Å²) in [5.41, 5.74) is 0.298. The molecule has 40 heavy (non-hydrogen) atoms. The van der Waals surface area contributed by atoms with E-state index in [0.717, 1.165) is 10.4 Å². The van der Waals surface area contributed by atoms with E-state index in [2.05, 4.69) is 5.32 Å². The molecule has 214 valence electrons. The van der Waals surface area contributed by atoms with E-state index in [1.165, 1.54) is 47.4 Å². The highest BCUT2D eigenvalue weighted by Gasteiger charge is 2.34. The van der Waals surface area contributed by atoms with E-state index in [1.807, 2.05) is 13.8 Å². The van der Waals surface area contributed by atoms with Crippen LogP contribution in [0.2, 0.25) is 10.0 Å². The van der Waals surface area contributed by atoms with Gasteiger partial charge in [0, 0.05) is 12.6 Å². The zero-order chi connectivity index (χ0) is 29.4. The summed E-state index contributed by atoms with van der Waals surface area (Å²) in [4.78, 5) is 28.5. The van der Waals surface area contributed by atoms with Gasteiger partial charge in [0.1, 0.15) is 18.4 Å². The highest BCUT2D eigenvalue weighted by molar-refractivity contribution is 7.92. The lowest BCUT2D eigenvalue weighted by Gasteiger charge is -2.33. The molecule has 0 spiro atoms. The molecule has 1 N–H and O–H groups in total. The third kappa shape index (κ3) is 7.53. The molecule has 0 saturated carbocycles. The molecule has 0 fully saturated rings. The third-order valence-corrected chi connectivity index (χ3v) is 8.97. The van der Waals surface area contributed by atoms with Crippen molar-refractivity contribution in [2.45, 2.75) is 57.1 Å². The molecule has 11 heteroatoms. The maximum absolute atomic E-state index is 15.0. The van der Waals surface area contributed by atoms with Gasteiger partial charge in [-0.2, -0.15) is 0 Å². The van der Waals surface area contributed by atoms with Crippen molar-refractivity contribution >= 4 is 50.7 Å². The number of para-hydroxylation sites is 1. The Morgan fingerprint density at radius 1 is 0.925 bits per heavy atom. The highest BCUT2D eigenvalue weighted by atomic mass is 35.5. The van der Waals surface area contributed by atoms with E-state index in [-0.39, 0.29) is 40.5 Å². The Bertz CT molecular complexity index is 1440. The van der Waals surface area contributed by atoms with Crippen LogP contribution < -0.4 is 9.62 Å². The minimum Gasteiger partial charge on any atom is -0.352 e. The molecule has 0 bridgehead atoms. The molecular weight excluding hydrogens is 576 g/mol. The fraction of sp³-hybridized carbons (Fsp3) is 0.310. The Morgan fingerprint density at radius 3 is 2.17 bits per heavy atom. The molecule has 3 rings (SSSR count). The van der Waals surface area contributed by atoms with Crippen LogP contribution in [0, 0.1) is 5.82 Å². The van der Waals surface area contributed by atoms with E-state index in [4.69, 9.17) is 23.2 Å². The standard InChI is InChI=1S/C29H32Cl2FN3O4S/c1-4-20(3)33-29(37)26(5-2)34(18-21-15-16-23(30)24(31)17-21)28(36)19-35(27-14-10-9-13-25(27)32)40(38,39)22-11-7-6-8-12-22/h6-17,20,26H,4-5,18-19H2,1-3H3,(H,33,37)/t20-,26+/m0/s1. The number of rotatable bonds is 12. The number of sulfonamides is 1. The Labute approximate surface area is 244 Å². The van der Waals surface area contributed by atoms with Crippen LogP contribution in [0.25, 0.3) is 0 Å². The van der Waals surface area contributed by atoms with Crippen LogP contribution in [-0.2, 0) is 26.2 Å². The zero-order valence-electron chi connectivity index (χ0n) is 22.5. The van der Waals surface area contributed by atoms with Crippen LogP contribution >= 0.6 is 23.2 Å². The summed E-state index contributed by atoms with van der Waals surface area (Å²) in [6.07, 6.45) is 0.930. The second-order valence-corrected chi connectivity index (χ2v) is 12.0. The first kappa shape index (κ1) is 31.4. The van der Waals surface area contributed by atoms with Crippen molar-refractivity contribution in [1.29, 1.82) is 0 Å². The van der Waals surface area contributed by atoms with Gasteiger partial charge in [0.25, 0.3) is 10.0 Å². The molecule has 7 nitrogen and oxygen atoms in total. The summed E-state index contributed by atoms with van der Waals surface area (Å²) in [6, 6.07) is 16.5. The molecule has 0 aliphatic carbocycles. The first-order valence-electron chi connectivity index (χ1n) is 12.9. The van der Waals surface area contributed by atoms with Crippen LogP contribution in [0.4, 0.5) is 10.1 Å². The molecule has 0 aliphatic rings. The van der Waals surface area contributed by atoms with Crippen LogP contribution in [-0.4, -0.2) is 43.8 Å². The lowest BCUT2D eigenvalue weighted by atomic mass is 10.1. The van der Waals surface area contributed by atoms with Crippen molar-refractivity contribution in [3.05, 3.63) is 94.2 Å². The average molecular weight is 609 g/mol. The van der Waals surface area contributed by atoms with Gasteiger partial charge in [-0.15, -0.1) is 0 Å². The van der Waals surface area contributed by atoms with Gasteiger partial charge in [0.05, 0.1) is 20.6 Å². The Kier molecular flexibility index (Phi) is 11.0. The maximum atomic E-state index is 15.0. The molecule has 2 amide bonds. The van der Waals surface area contributed by atoms with Gasteiger partial charge in [0.15, 0.2) is 0 Å². The number of hydrogen-bond acceptors (Lipinski definition) is 4. The highest BCUT2D eigenvalue weighted by Crippen LogP contribution is 2.28. The van der Waals surface area contributed by atoms with Gasteiger partial charge in [-0.3, -0.25) is 13.9 Å². The van der Waals surface area contributed by atoms with E-state index in [1.54, 1.807) is 31.2 Å². The number of halogens is 3. The van der Waals surface area contributed by atoms with Crippen molar-refractivity contribution in [2.75, 3.05) is 10.8 Å². The first-order chi connectivity index (χ1) is 19.0. The van der Waals surface area contributed by atoms with Gasteiger partial charge in [-0.1, -0.05) is 73.4 Å². The minimum atomic E-state index is -4.36. The van der Waals surface area contributed by atoms with E-state index >= 15 is 0 Å². The fourth-order valence-corrected chi connectivity index (χ4v) is 5.85. The zero-order valence-corrected chi connectivity index (χ0v) is 24.8. The minimum absolute atomic E-state index is 0.0569. The monoisotopic (exact) mass is 607 g/mol. The average Bonchev–Trinajstić information content (AvgIpc) is 2.94. The number of nitrogens with one attached hydrogen (secondary N) is 1. The predicted molar refractivity (Wildman–Crippen MR) is 156 cm³/mol. The second kappa shape index (κ2) is 14.0. The topological polar surface area (TPSA) is 86.8 Å². The molecule has 0 aliphatic heterocycles. The molecule has 0 saturated heterocycles. The molecular formula is C29H32Cl2FN3O4S. The lowest BCUT2D eigenvalue weighted by molar-refractivity contribution is -0.140. The van der Waals surface area contributed by atoms with Gasteiger partial charge in [-0.05, 0) is 61.7 Å². The molecule has 0 aromatic heterocycles. The van der Waals surface area contributed by atoms with Crippen molar-refractivity contribution in [3.63, 3.8) is 0 Å². The summed E-state index contributed by atoms with van der Waals surface area (Å²) >= 11 is 12.3. The second-order valence-electron chi connectivity index (χ2n) is 9.29. The normalized spacial score (nSPS) is 12.8. The first-order valence-corrected chi connectivity index (χ1v) is 15.0. The number of hydrogen-bond donors (Lipinski definition) is 1. The van der Waals surface area contributed by atoms with Crippen molar-refractivity contribution in [1.82, 2.24) is 10.2 Å². The summed E-state index contributed by atoms with van der Waals surface area (Å²) in [7, 11) is -4.36. The molecule has 3 aromatic carbocycles. The van der Waals surface area contributed by atoms with Crippen molar-refractivity contribution in [2.24, 2.45) is 0 Å². The van der Waals surface area contributed by atoms with Crippen LogP contribution in [0.3, 0.4) is 0 Å². The SMILES string of the molecule is CC[C@H](C(=O)N[C@@H](C)CC)N(Cc1ccc(Cl)c(Cl)c1)C(=O)CN(c1ccccc1F)S(=O)(=O)c1ccccc1. The number of anilines is 1. The number of carbonyl (C=O) groups is 2. The maximum Gasteiger partial charge on any atom is 0.264 e. The quantitative estimate of drug-likeness (QED) is 0.271. The number of amides is 2. The van der Waals surface area contributed by atoms with Crippen LogP contribution in [0.15, 0.2) is 77.7 Å². The Hall–Kier alpha value is -3.14. The largest absolute Gasteiger partial charge is 0.352 e. The van der Waals surface area contributed by atoms with Gasteiger partial charge < -0.3 is 10.2 Å². The molecule has 3 aromatic rings. The molecule has 2 atom stereocenters.